The largest absolute Gasteiger partial charge is 0.481 e. The molecular weight excluding hydrogens is 420 g/mol. The van der Waals surface area contributed by atoms with E-state index in [2.05, 4.69) is 22.8 Å². The Morgan fingerprint density at radius 1 is 0.939 bits per heavy atom. The Balaban J connectivity index is 1.59. The van der Waals surface area contributed by atoms with E-state index in [0.29, 0.717) is 25.7 Å². The molecule has 0 fully saturated rings. The predicted octanol–water partition coefficient (Wildman–Crippen LogP) is 4.31. The second-order valence-corrected chi connectivity index (χ2v) is 8.38. The van der Waals surface area contributed by atoms with Gasteiger partial charge in [0.15, 0.2) is 0 Å². The number of amides is 2. The molecule has 0 aromatic heterocycles. The molecule has 1 aliphatic rings. The molecule has 2 unspecified atom stereocenters. The highest BCUT2D eigenvalue weighted by Gasteiger charge is 2.30. The Morgan fingerprint density at radius 3 is 2.06 bits per heavy atom. The second kappa shape index (κ2) is 11.5. The first-order chi connectivity index (χ1) is 16.0. The van der Waals surface area contributed by atoms with Crippen molar-refractivity contribution in [2.45, 2.75) is 51.5 Å². The number of carbonyl (C=O) groups is 3. The molecule has 2 atom stereocenters. The predicted molar refractivity (Wildman–Crippen MR) is 126 cm³/mol. The lowest BCUT2D eigenvalue weighted by molar-refractivity contribution is -0.142. The molecule has 0 spiro atoms. The zero-order valence-corrected chi connectivity index (χ0v) is 19.2. The van der Waals surface area contributed by atoms with E-state index in [1.807, 2.05) is 50.2 Å². The first kappa shape index (κ1) is 24.3. The van der Waals surface area contributed by atoms with Crippen molar-refractivity contribution in [2.24, 2.45) is 5.92 Å². The Labute approximate surface area is 194 Å². The van der Waals surface area contributed by atoms with Crippen molar-refractivity contribution in [3.8, 4) is 11.1 Å². The van der Waals surface area contributed by atoms with Crippen molar-refractivity contribution in [2.75, 3.05) is 13.2 Å². The van der Waals surface area contributed by atoms with Crippen LogP contribution < -0.4 is 10.6 Å². The molecule has 0 heterocycles. The Morgan fingerprint density at radius 2 is 1.52 bits per heavy atom. The minimum Gasteiger partial charge on any atom is -0.481 e. The molecule has 0 radical (unpaired) electrons. The third kappa shape index (κ3) is 5.92. The number of fused-ring (bicyclic) bond motifs is 3. The maximum atomic E-state index is 12.6. The van der Waals surface area contributed by atoms with Gasteiger partial charge in [-0.05, 0) is 35.1 Å². The summed E-state index contributed by atoms with van der Waals surface area (Å²) in [7, 11) is 0. The van der Waals surface area contributed by atoms with Crippen LogP contribution in [0.1, 0.15) is 56.6 Å². The lowest BCUT2D eigenvalue weighted by atomic mass is 9.98. The first-order valence-electron chi connectivity index (χ1n) is 11.6. The van der Waals surface area contributed by atoms with Gasteiger partial charge in [0, 0.05) is 12.5 Å². The number of ether oxygens (including phenoxy) is 1. The van der Waals surface area contributed by atoms with E-state index < -0.39 is 29.9 Å². The topological polar surface area (TPSA) is 105 Å². The van der Waals surface area contributed by atoms with Gasteiger partial charge in [0.05, 0.1) is 5.92 Å². The van der Waals surface area contributed by atoms with Gasteiger partial charge in [-0.3, -0.25) is 9.59 Å². The number of carboxylic acids is 1. The highest BCUT2D eigenvalue weighted by atomic mass is 16.5. The molecular formula is C26H32N2O5. The van der Waals surface area contributed by atoms with Gasteiger partial charge in [-0.1, -0.05) is 75.2 Å². The minimum absolute atomic E-state index is 0.0363. The highest BCUT2D eigenvalue weighted by Crippen LogP contribution is 2.44. The number of hydrogen-bond donors (Lipinski definition) is 3. The van der Waals surface area contributed by atoms with Crippen LogP contribution in [-0.2, 0) is 14.3 Å². The fourth-order valence-corrected chi connectivity index (χ4v) is 4.35. The molecule has 33 heavy (non-hydrogen) atoms. The quantitative estimate of drug-likeness (QED) is 0.471. The van der Waals surface area contributed by atoms with Crippen LogP contribution in [0.4, 0.5) is 4.79 Å². The van der Waals surface area contributed by atoms with Gasteiger partial charge in [0.1, 0.15) is 12.6 Å². The average Bonchev–Trinajstić information content (AvgIpc) is 3.13. The zero-order chi connectivity index (χ0) is 23.8. The lowest BCUT2D eigenvalue weighted by Gasteiger charge is -2.20. The number of nitrogens with one attached hydrogen (secondary N) is 2. The molecule has 3 N–H and O–H groups in total. The van der Waals surface area contributed by atoms with Crippen molar-refractivity contribution >= 4 is 18.0 Å². The maximum Gasteiger partial charge on any atom is 0.407 e. The van der Waals surface area contributed by atoms with Gasteiger partial charge >= 0.3 is 12.1 Å². The molecule has 1 aliphatic carbocycles. The summed E-state index contributed by atoms with van der Waals surface area (Å²) in [4.78, 5) is 36.5. The molecule has 176 valence electrons. The molecule has 3 rings (SSSR count). The fraction of sp³-hybridized carbons (Fsp3) is 0.423. The van der Waals surface area contributed by atoms with Crippen molar-refractivity contribution in [1.29, 1.82) is 0 Å². The van der Waals surface area contributed by atoms with Crippen molar-refractivity contribution in [3.05, 3.63) is 59.7 Å². The molecule has 2 aromatic carbocycles. The van der Waals surface area contributed by atoms with E-state index in [9.17, 15) is 19.5 Å². The summed E-state index contributed by atoms with van der Waals surface area (Å²) in [6.07, 6.45) is 1.64. The molecule has 2 amide bonds. The van der Waals surface area contributed by atoms with Crippen molar-refractivity contribution < 1.29 is 24.2 Å². The van der Waals surface area contributed by atoms with Crippen LogP contribution in [0.15, 0.2) is 48.5 Å². The molecule has 2 aromatic rings. The number of hydrogen-bond acceptors (Lipinski definition) is 4. The van der Waals surface area contributed by atoms with E-state index in [-0.39, 0.29) is 19.1 Å². The van der Waals surface area contributed by atoms with E-state index in [1.54, 1.807) is 0 Å². The van der Waals surface area contributed by atoms with Crippen LogP contribution >= 0.6 is 0 Å². The van der Waals surface area contributed by atoms with Crippen LogP contribution in [0.2, 0.25) is 0 Å². The monoisotopic (exact) mass is 452 g/mol. The molecule has 0 saturated heterocycles. The molecule has 0 aliphatic heterocycles. The molecule has 7 nitrogen and oxygen atoms in total. The number of carboxylic acid groups (broad SMARTS) is 1. The third-order valence-electron chi connectivity index (χ3n) is 6.04. The van der Waals surface area contributed by atoms with Crippen LogP contribution in [0.25, 0.3) is 11.1 Å². The SMILES string of the molecule is CCCC(CNC(=O)C(CCC)NC(=O)OCC1c2ccccc2-c2ccccc21)C(=O)O. The van der Waals surface area contributed by atoms with Crippen LogP contribution in [0.3, 0.4) is 0 Å². The van der Waals surface area contributed by atoms with Gasteiger partial charge in [0.2, 0.25) is 5.91 Å². The smallest absolute Gasteiger partial charge is 0.407 e. The zero-order valence-electron chi connectivity index (χ0n) is 19.2. The number of carbonyl (C=O) groups excluding carboxylic acids is 2. The van der Waals surface area contributed by atoms with Gasteiger partial charge in [-0.2, -0.15) is 0 Å². The van der Waals surface area contributed by atoms with Gasteiger partial charge < -0.3 is 20.5 Å². The Kier molecular flexibility index (Phi) is 8.46. The summed E-state index contributed by atoms with van der Waals surface area (Å²) < 4.78 is 5.54. The van der Waals surface area contributed by atoms with E-state index in [4.69, 9.17) is 4.74 Å². The summed E-state index contributed by atoms with van der Waals surface area (Å²) in [5.74, 6) is -2.04. The number of rotatable bonds is 11. The van der Waals surface area contributed by atoms with E-state index in [0.717, 1.165) is 22.3 Å². The summed E-state index contributed by atoms with van der Waals surface area (Å²) in [6, 6.07) is 15.4. The highest BCUT2D eigenvalue weighted by molar-refractivity contribution is 5.86. The lowest BCUT2D eigenvalue weighted by Crippen LogP contribution is -2.48. The number of alkyl carbamates (subject to hydrolysis) is 1. The summed E-state index contributed by atoms with van der Waals surface area (Å²) in [5.41, 5.74) is 4.52. The van der Waals surface area contributed by atoms with E-state index >= 15 is 0 Å². The van der Waals surface area contributed by atoms with Gasteiger partial charge in [-0.15, -0.1) is 0 Å². The summed E-state index contributed by atoms with van der Waals surface area (Å²) >= 11 is 0. The van der Waals surface area contributed by atoms with Gasteiger partial charge in [-0.25, -0.2) is 4.79 Å². The number of benzene rings is 2. The standard InChI is InChI=1S/C26H32N2O5/c1-3-9-17(25(30)31)15-27-24(29)23(10-4-2)28-26(32)33-16-22-20-13-7-5-11-18(20)19-12-6-8-14-21(19)22/h5-8,11-14,17,22-23H,3-4,9-10,15-16H2,1-2H3,(H,27,29)(H,28,32)(H,30,31). The minimum atomic E-state index is -0.936. The summed E-state index contributed by atoms with van der Waals surface area (Å²) in [6.45, 7) is 4.01. The van der Waals surface area contributed by atoms with Crippen LogP contribution in [0.5, 0.6) is 0 Å². The van der Waals surface area contributed by atoms with Gasteiger partial charge in [0.25, 0.3) is 0 Å². The first-order valence-corrected chi connectivity index (χ1v) is 11.6. The summed E-state index contributed by atoms with van der Waals surface area (Å²) in [5, 5.41) is 14.6. The maximum absolute atomic E-state index is 12.6. The average molecular weight is 453 g/mol. The number of aliphatic carboxylic acids is 1. The molecule has 0 saturated carbocycles. The third-order valence-corrected chi connectivity index (χ3v) is 6.04. The second-order valence-electron chi connectivity index (χ2n) is 8.38. The van der Waals surface area contributed by atoms with Crippen LogP contribution in [-0.4, -0.2) is 42.3 Å². The van der Waals surface area contributed by atoms with Crippen molar-refractivity contribution in [1.82, 2.24) is 10.6 Å². The van der Waals surface area contributed by atoms with E-state index in [1.165, 1.54) is 0 Å². The fourth-order valence-electron chi connectivity index (χ4n) is 4.35. The molecule has 7 heteroatoms. The van der Waals surface area contributed by atoms with Crippen LogP contribution in [0, 0.1) is 5.92 Å². The Hall–Kier alpha value is -3.35. The van der Waals surface area contributed by atoms with Crippen molar-refractivity contribution in [3.63, 3.8) is 0 Å². The molecule has 0 bridgehead atoms. The Bertz CT molecular complexity index is 945. The normalized spacial score (nSPS) is 14.0.